The summed E-state index contributed by atoms with van der Waals surface area (Å²) in [5, 5.41) is 2.93. The third-order valence-electron chi connectivity index (χ3n) is 4.31. The molecule has 2 rings (SSSR count). The average Bonchev–Trinajstić information content (AvgIpc) is 2.87. The van der Waals surface area contributed by atoms with Crippen LogP contribution in [0, 0.1) is 13.8 Å². The molecule has 134 valence electrons. The maximum Gasteiger partial charge on any atom is 0.268 e. The molecule has 0 unspecified atom stereocenters. The highest BCUT2D eigenvalue weighted by Gasteiger charge is 2.19. The molecule has 1 amide bonds. The van der Waals surface area contributed by atoms with Gasteiger partial charge in [0.15, 0.2) is 5.78 Å². The highest BCUT2D eigenvalue weighted by atomic mass is 16.2. The van der Waals surface area contributed by atoms with Gasteiger partial charge in [0.2, 0.25) is 0 Å². The number of Topliss-reactive ketones (excluding diaryl/α,β-unsaturated/α-hetero) is 1. The zero-order valence-corrected chi connectivity index (χ0v) is 15.5. The van der Waals surface area contributed by atoms with E-state index in [1.807, 2.05) is 32.0 Å². The van der Waals surface area contributed by atoms with Gasteiger partial charge in [-0.25, -0.2) is 0 Å². The van der Waals surface area contributed by atoms with E-state index in [1.54, 1.807) is 0 Å². The zero-order valence-electron chi connectivity index (χ0n) is 15.5. The molecule has 1 aromatic heterocycles. The molecule has 25 heavy (non-hydrogen) atoms. The molecular weight excluding hydrogens is 314 g/mol. The predicted octanol–water partition coefficient (Wildman–Crippen LogP) is 3.09. The Morgan fingerprint density at radius 2 is 1.84 bits per heavy atom. The number of hydrogen-bond donors (Lipinski definition) is 2. The smallest absolute Gasteiger partial charge is 0.268 e. The van der Waals surface area contributed by atoms with Crippen molar-refractivity contribution < 1.29 is 9.59 Å². The van der Waals surface area contributed by atoms with Gasteiger partial charge in [-0.2, -0.15) is 0 Å². The van der Waals surface area contributed by atoms with Crippen molar-refractivity contribution >= 4 is 11.7 Å². The van der Waals surface area contributed by atoms with E-state index in [0.717, 1.165) is 30.8 Å². The molecule has 5 nitrogen and oxygen atoms in total. The number of carbonyl (C=O) groups excluding carboxylic acids is 2. The first kappa shape index (κ1) is 18.9. The number of carbonyl (C=O) groups is 2. The minimum absolute atomic E-state index is 0.0205. The Hall–Kier alpha value is -2.40. The van der Waals surface area contributed by atoms with Crippen LogP contribution in [0.4, 0.5) is 0 Å². The van der Waals surface area contributed by atoms with Crippen LogP contribution in [-0.2, 0) is 6.54 Å². The van der Waals surface area contributed by atoms with Crippen LogP contribution in [0.5, 0.6) is 0 Å². The first-order valence-corrected chi connectivity index (χ1v) is 8.61. The molecule has 0 radical (unpaired) electrons. The summed E-state index contributed by atoms with van der Waals surface area (Å²) < 4.78 is 0. The molecule has 0 saturated heterocycles. The quantitative estimate of drug-likeness (QED) is 0.573. The predicted molar refractivity (Wildman–Crippen MR) is 100.0 cm³/mol. The number of benzene rings is 1. The zero-order chi connectivity index (χ0) is 18.4. The van der Waals surface area contributed by atoms with Crippen LogP contribution in [0.25, 0.3) is 0 Å². The van der Waals surface area contributed by atoms with Crippen LogP contribution in [0.1, 0.15) is 51.0 Å². The lowest BCUT2D eigenvalue weighted by Gasteiger charge is -2.16. The minimum atomic E-state index is -0.154. The van der Waals surface area contributed by atoms with E-state index in [2.05, 4.69) is 34.4 Å². The van der Waals surface area contributed by atoms with Crippen molar-refractivity contribution in [3.8, 4) is 0 Å². The molecular formula is C20H27N3O2. The van der Waals surface area contributed by atoms with Crippen molar-refractivity contribution in [3.05, 3.63) is 58.4 Å². The van der Waals surface area contributed by atoms with Gasteiger partial charge in [0.25, 0.3) is 5.91 Å². The molecule has 0 aliphatic carbocycles. The SMILES string of the molecule is CC(=O)c1c(C)[nH]c(C(=O)NCCCN(C)Cc2ccccc2)c1C. The van der Waals surface area contributed by atoms with E-state index in [1.165, 1.54) is 12.5 Å². The summed E-state index contributed by atoms with van der Waals surface area (Å²) in [5.74, 6) is -0.174. The molecule has 2 aromatic rings. The number of rotatable bonds is 8. The summed E-state index contributed by atoms with van der Waals surface area (Å²) in [7, 11) is 2.08. The van der Waals surface area contributed by atoms with Crippen LogP contribution in [-0.4, -0.2) is 41.7 Å². The van der Waals surface area contributed by atoms with Gasteiger partial charge in [-0.3, -0.25) is 9.59 Å². The highest BCUT2D eigenvalue weighted by Crippen LogP contribution is 2.18. The van der Waals surface area contributed by atoms with Gasteiger partial charge in [-0.1, -0.05) is 30.3 Å². The Labute approximate surface area is 149 Å². The lowest BCUT2D eigenvalue weighted by atomic mass is 10.1. The molecule has 1 heterocycles. The Morgan fingerprint density at radius 1 is 1.16 bits per heavy atom. The third kappa shape index (κ3) is 5.03. The number of aromatic nitrogens is 1. The molecule has 0 aliphatic rings. The number of nitrogens with one attached hydrogen (secondary N) is 2. The summed E-state index contributed by atoms with van der Waals surface area (Å²) in [6.45, 7) is 7.54. The molecule has 2 N–H and O–H groups in total. The Balaban J connectivity index is 1.79. The summed E-state index contributed by atoms with van der Waals surface area (Å²) >= 11 is 0. The van der Waals surface area contributed by atoms with Crippen molar-refractivity contribution in [2.45, 2.75) is 33.7 Å². The molecule has 0 atom stereocenters. The number of amides is 1. The molecule has 0 spiro atoms. The molecule has 0 bridgehead atoms. The van der Waals surface area contributed by atoms with Crippen molar-refractivity contribution in [2.24, 2.45) is 0 Å². The number of H-pyrrole nitrogens is 1. The third-order valence-corrected chi connectivity index (χ3v) is 4.31. The van der Waals surface area contributed by atoms with Gasteiger partial charge in [-0.15, -0.1) is 0 Å². The summed E-state index contributed by atoms with van der Waals surface area (Å²) in [4.78, 5) is 29.2. The number of aryl methyl sites for hydroxylation is 1. The lowest BCUT2D eigenvalue weighted by molar-refractivity contribution is 0.0946. The van der Waals surface area contributed by atoms with Gasteiger partial charge in [0.1, 0.15) is 5.69 Å². The van der Waals surface area contributed by atoms with Gasteiger partial charge in [-0.05, 0) is 51.9 Å². The van der Waals surface area contributed by atoms with E-state index in [0.29, 0.717) is 17.8 Å². The Bertz CT molecular complexity index is 735. The van der Waals surface area contributed by atoms with Crippen LogP contribution < -0.4 is 5.32 Å². The van der Waals surface area contributed by atoms with Crippen LogP contribution in [0.3, 0.4) is 0 Å². The van der Waals surface area contributed by atoms with Crippen LogP contribution in [0.15, 0.2) is 30.3 Å². The summed E-state index contributed by atoms with van der Waals surface area (Å²) in [6, 6.07) is 10.3. The largest absolute Gasteiger partial charge is 0.354 e. The van der Waals surface area contributed by atoms with Crippen molar-refractivity contribution in [1.29, 1.82) is 0 Å². The van der Waals surface area contributed by atoms with Crippen LogP contribution in [0.2, 0.25) is 0 Å². The fourth-order valence-electron chi connectivity index (χ4n) is 3.12. The molecule has 0 fully saturated rings. The average molecular weight is 341 g/mol. The summed E-state index contributed by atoms with van der Waals surface area (Å²) in [6.07, 6.45) is 0.868. The molecule has 5 heteroatoms. The number of hydrogen-bond acceptors (Lipinski definition) is 3. The summed E-state index contributed by atoms with van der Waals surface area (Å²) in [5.41, 5.74) is 3.86. The Kier molecular flexibility index (Phi) is 6.53. The normalized spacial score (nSPS) is 10.9. The van der Waals surface area contributed by atoms with Gasteiger partial charge >= 0.3 is 0 Å². The number of nitrogens with zero attached hydrogens (tertiary/aromatic N) is 1. The second-order valence-corrected chi connectivity index (χ2v) is 6.51. The van der Waals surface area contributed by atoms with E-state index in [9.17, 15) is 9.59 Å². The standard InChI is InChI=1S/C20H27N3O2/c1-14-18(16(3)24)15(2)22-19(14)20(25)21-11-8-12-23(4)13-17-9-6-5-7-10-17/h5-7,9-10,22H,8,11-13H2,1-4H3,(H,21,25). The molecule has 0 saturated carbocycles. The van der Waals surface area contributed by atoms with E-state index >= 15 is 0 Å². The van der Waals surface area contributed by atoms with Crippen molar-refractivity contribution in [1.82, 2.24) is 15.2 Å². The lowest BCUT2D eigenvalue weighted by Crippen LogP contribution is -2.28. The Morgan fingerprint density at radius 3 is 2.44 bits per heavy atom. The van der Waals surface area contributed by atoms with Gasteiger partial charge in [0.05, 0.1) is 0 Å². The molecule has 0 aliphatic heterocycles. The minimum Gasteiger partial charge on any atom is -0.354 e. The highest BCUT2D eigenvalue weighted by molar-refractivity contribution is 6.02. The fraction of sp³-hybridized carbons (Fsp3) is 0.400. The topological polar surface area (TPSA) is 65.2 Å². The van der Waals surface area contributed by atoms with Gasteiger partial charge < -0.3 is 15.2 Å². The molecule has 1 aromatic carbocycles. The van der Waals surface area contributed by atoms with Crippen molar-refractivity contribution in [2.75, 3.05) is 20.1 Å². The van der Waals surface area contributed by atoms with E-state index < -0.39 is 0 Å². The maximum atomic E-state index is 12.3. The maximum absolute atomic E-state index is 12.3. The van der Waals surface area contributed by atoms with Crippen molar-refractivity contribution in [3.63, 3.8) is 0 Å². The van der Waals surface area contributed by atoms with Gasteiger partial charge in [0, 0.05) is 24.3 Å². The monoisotopic (exact) mass is 341 g/mol. The number of aromatic amines is 1. The first-order chi connectivity index (χ1) is 11.9. The van der Waals surface area contributed by atoms with E-state index in [4.69, 9.17) is 0 Å². The first-order valence-electron chi connectivity index (χ1n) is 8.61. The van der Waals surface area contributed by atoms with Crippen LogP contribution >= 0.6 is 0 Å². The second kappa shape index (κ2) is 8.62. The van der Waals surface area contributed by atoms with E-state index in [-0.39, 0.29) is 11.7 Å². The number of ketones is 1. The fourth-order valence-corrected chi connectivity index (χ4v) is 3.12. The second-order valence-electron chi connectivity index (χ2n) is 6.51.